The number of H-pyrrole nitrogens is 1. The standard InChI is InChI=1S/C8H13N3O2.2ClH.3H2O/c1-2-13-8(12)6(9)5-7-10-3-4-11-7;;;;;/h3-4,6H,2,5,9H2,1H3,(H,10,11);2*1H;3*1H2. The minimum absolute atomic E-state index is 0. The molecule has 0 radical (unpaired) electrons. The summed E-state index contributed by atoms with van der Waals surface area (Å²) in [6.07, 6.45) is 3.69. The van der Waals surface area contributed by atoms with E-state index in [-0.39, 0.29) is 47.2 Å². The Kier molecular flexibility index (Phi) is 27.1. The van der Waals surface area contributed by atoms with E-state index < -0.39 is 6.04 Å². The quantitative estimate of drug-likeness (QED) is 0.625. The van der Waals surface area contributed by atoms with Crippen LogP contribution in [0.1, 0.15) is 12.7 Å². The lowest BCUT2D eigenvalue weighted by Crippen LogP contribution is -2.34. The molecule has 1 aromatic rings. The summed E-state index contributed by atoms with van der Waals surface area (Å²) < 4.78 is 4.75. The van der Waals surface area contributed by atoms with Gasteiger partial charge in [-0.25, -0.2) is 4.98 Å². The maximum Gasteiger partial charge on any atom is 0.323 e. The third-order valence-corrected chi connectivity index (χ3v) is 1.56. The number of hydrogen-bond donors (Lipinski definition) is 2. The second-order valence-electron chi connectivity index (χ2n) is 2.60. The summed E-state index contributed by atoms with van der Waals surface area (Å²) in [5.74, 6) is 0.305. The number of halogens is 2. The highest BCUT2D eigenvalue weighted by atomic mass is 35.5. The number of nitrogens with one attached hydrogen (secondary N) is 1. The summed E-state index contributed by atoms with van der Waals surface area (Å²) in [4.78, 5) is 17.9. The van der Waals surface area contributed by atoms with E-state index in [0.29, 0.717) is 18.9 Å². The Morgan fingerprint density at radius 3 is 2.39 bits per heavy atom. The third kappa shape index (κ3) is 10.3. The van der Waals surface area contributed by atoms with Crippen LogP contribution in [0.3, 0.4) is 0 Å². The molecule has 0 amide bonds. The van der Waals surface area contributed by atoms with Crippen molar-refractivity contribution < 1.29 is 26.0 Å². The van der Waals surface area contributed by atoms with Crippen molar-refractivity contribution in [3.05, 3.63) is 18.2 Å². The van der Waals surface area contributed by atoms with Gasteiger partial charge in [-0.2, -0.15) is 0 Å². The normalized spacial score (nSPS) is 9.00. The Hall–Kier alpha value is -0.900. The van der Waals surface area contributed by atoms with Crippen molar-refractivity contribution in [3.63, 3.8) is 0 Å². The molecule has 0 saturated heterocycles. The number of carbonyl (C=O) groups excluding carboxylic acids is 1. The Morgan fingerprint density at radius 2 is 2.00 bits per heavy atom. The number of ether oxygens (including phenoxy) is 1. The Morgan fingerprint density at radius 1 is 1.44 bits per heavy atom. The first kappa shape index (κ1) is 30.3. The highest BCUT2D eigenvalue weighted by molar-refractivity contribution is 5.85. The largest absolute Gasteiger partial charge is 0.465 e. The monoisotopic (exact) mass is 309 g/mol. The highest BCUT2D eigenvalue weighted by Crippen LogP contribution is 1.96. The van der Waals surface area contributed by atoms with Crippen LogP contribution in [0.4, 0.5) is 0 Å². The number of aromatic nitrogens is 2. The molecule has 1 unspecified atom stereocenters. The van der Waals surface area contributed by atoms with Gasteiger partial charge in [-0.1, -0.05) is 0 Å². The van der Waals surface area contributed by atoms with Crippen LogP contribution in [0.2, 0.25) is 0 Å². The van der Waals surface area contributed by atoms with Crippen LogP contribution in [-0.2, 0) is 16.0 Å². The lowest BCUT2D eigenvalue weighted by atomic mass is 10.2. The maximum absolute atomic E-state index is 11.1. The fourth-order valence-corrected chi connectivity index (χ4v) is 0.951. The number of aromatic amines is 1. The van der Waals surface area contributed by atoms with Crippen molar-refractivity contribution in [2.75, 3.05) is 6.61 Å². The van der Waals surface area contributed by atoms with E-state index in [9.17, 15) is 4.79 Å². The van der Waals surface area contributed by atoms with E-state index >= 15 is 0 Å². The molecule has 1 aromatic heterocycles. The molecular formula is C8H21Cl2N3O5. The molecule has 0 bridgehead atoms. The van der Waals surface area contributed by atoms with Gasteiger partial charge < -0.3 is 31.9 Å². The molecule has 0 aromatic carbocycles. The summed E-state index contributed by atoms with van der Waals surface area (Å²) in [6.45, 7) is 2.10. The molecule has 10 heteroatoms. The summed E-state index contributed by atoms with van der Waals surface area (Å²) in [6, 6.07) is -0.633. The predicted molar refractivity (Wildman–Crippen MR) is 72.2 cm³/mol. The molecule has 0 aliphatic carbocycles. The fraction of sp³-hybridized carbons (Fsp3) is 0.500. The van der Waals surface area contributed by atoms with Crippen LogP contribution in [-0.4, -0.2) is 45.0 Å². The molecule has 18 heavy (non-hydrogen) atoms. The van der Waals surface area contributed by atoms with Crippen molar-refractivity contribution in [2.45, 2.75) is 19.4 Å². The second kappa shape index (κ2) is 16.1. The molecule has 1 heterocycles. The molecule has 8 nitrogen and oxygen atoms in total. The number of esters is 1. The molecule has 0 spiro atoms. The Balaban J connectivity index is -0.000000113. The molecule has 9 N–H and O–H groups in total. The molecule has 0 aliphatic heterocycles. The lowest BCUT2D eigenvalue weighted by Gasteiger charge is -2.07. The molecule has 1 rings (SSSR count). The van der Waals surface area contributed by atoms with E-state index in [2.05, 4.69) is 9.97 Å². The number of nitrogens with two attached hydrogens (primary N) is 1. The highest BCUT2D eigenvalue weighted by Gasteiger charge is 2.15. The predicted octanol–water partition coefficient (Wildman–Crippen LogP) is -1.79. The minimum atomic E-state index is -0.633. The third-order valence-electron chi connectivity index (χ3n) is 1.56. The molecule has 1 atom stereocenters. The van der Waals surface area contributed by atoms with Crippen LogP contribution in [0.5, 0.6) is 0 Å². The van der Waals surface area contributed by atoms with Crippen LogP contribution < -0.4 is 5.73 Å². The zero-order valence-corrected chi connectivity index (χ0v) is 11.4. The number of hydrogen-bond acceptors (Lipinski definition) is 4. The van der Waals surface area contributed by atoms with Crippen LogP contribution in [0.15, 0.2) is 12.4 Å². The van der Waals surface area contributed by atoms with E-state index in [1.807, 2.05) is 0 Å². The zero-order valence-electron chi connectivity index (χ0n) is 9.80. The van der Waals surface area contributed by atoms with Gasteiger partial charge in [0, 0.05) is 18.8 Å². The zero-order chi connectivity index (χ0) is 9.68. The van der Waals surface area contributed by atoms with Gasteiger partial charge in [0.05, 0.1) is 6.61 Å². The van der Waals surface area contributed by atoms with E-state index in [1.165, 1.54) is 0 Å². The number of rotatable bonds is 4. The van der Waals surface area contributed by atoms with Crippen molar-refractivity contribution in [2.24, 2.45) is 5.73 Å². The van der Waals surface area contributed by atoms with E-state index in [0.717, 1.165) is 0 Å². The van der Waals surface area contributed by atoms with Gasteiger partial charge in [0.25, 0.3) is 0 Å². The van der Waals surface area contributed by atoms with Crippen molar-refractivity contribution >= 4 is 30.8 Å². The van der Waals surface area contributed by atoms with Gasteiger partial charge in [0.1, 0.15) is 11.9 Å². The SMILES string of the molecule is CCOC(=O)C(N)Cc1ncc[nH]1.Cl.Cl.O.O.O. The number of imidazole rings is 1. The Bertz CT molecular complexity index is 274. The first-order valence-corrected chi connectivity index (χ1v) is 4.14. The molecular weight excluding hydrogens is 289 g/mol. The number of nitrogens with zero attached hydrogens (tertiary/aromatic N) is 1. The first-order valence-electron chi connectivity index (χ1n) is 4.14. The second-order valence-corrected chi connectivity index (χ2v) is 2.60. The van der Waals surface area contributed by atoms with E-state index in [1.54, 1.807) is 19.3 Å². The number of carbonyl (C=O) groups is 1. The molecule has 0 saturated carbocycles. The minimum Gasteiger partial charge on any atom is -0.465 e. The smallest absolute Gasteiger partial charge is 0.323 e. The van der Waals surface area contributed by atoms with Gasteiger partial charge >= 0.3 is 5.97 Å². The van der Waals surface area contributed by atoms with Crippen LogP contribution in [0, 0.1) is 0 Å². The lowest BCUT2D eigenvalue weighted by molar-refractivity contribution is -0.144. The first-order chi connectivity index (χ1) is 6.24. The molecule has 0 aliphatic rings. The topological polar surface area (TPSA) is 176 Å². The average Bonchev–Trinajstić information content (AvgIpc) is 2.57. The molecule has 0 fully saturated rings. The van der Waals surface area contributed by atoms with Crippen LogP contribution in [0.25, 0.3) is 0 Å². The van der Waals surface area contributed by atoms with Crippen LogP contribution >= 0.6 is 24.8 Å². The molecule has 112 valence electrons. The van der Waals surface area contributed by atoms with Gasteiger partial charge in [-0.15, -0.1) is 24.8 Å². The van der Waals surface area contributed by atoms with Crippen molar-refractivity contribution in [1.82, 2.24) is 9.97 Å². The van der Waals surface area contributed by atoms with Crippen molar-refractivity contribution in [1.29, 1.82) is 0 Å². The summed E-state index contributed by atoms with van der Waals surface area (Å²) in [5.41, 5.74) is 5.56. The van der Waals surface area contributed by atoms with Gasteiger partial charge in [0.15, 0.2) is 0 Å². The van der Waals surface area contributed by atoms with Crippen molar-refractivity contribution in [3.8, 4) is 0 Å². The van der Waals surface area contributed by atoms with E-state index in [4.69, 9.17) is 10.5 Å². The summed E-state index contributed by atoms with van der Waals surface area (Å²) in [5, 5.41) is 0. The summed E-state index contributed by atoms with van der Waals surface area (Å²) in [7, 11) is 0. The van der Waals surface area contributed by atoms with Gasteiger partial charge in [-0.05, 0) is 6.92 Å². The van der Waals surface area contributed by atoms with Gasteiger partial charge in [0.2, 0.25) is 0 Å². The summed E-state index contributed by atoms with van der Waals surface area (Å²) >= 11 is 0. The average molecular weight is 310 g/mol. The maximum atomic E-state index is 11.1. The van der Waals surface area contributed by atoms with Gasteiger partial charge in [-0.3, -0.25) is 4.79 Å². The fourth-order valence-electron chi connectivity index (χ4n) is 0.951. The Labute approximate surface area is 117 Å².